The van der Waals surface area contributed by atoms with Gasteiger partial charge in [0.15, 0.2) is 0 Å². The monoisotopic (exact) mass is 581 g/mol. The Labute approximate surface area is 242 Å². The quantitative estimate of drug-likeness (QED) is 0.332. The molecule has 1 atom stereocenters. The molecular weight excluding hydrogens is 546 g/mol. The first kappa shape index (κ1) is 29.6. The summed E-state index contributed by atoms with van der Waals surface area (Å²) in [6.45, 7) is 3.19. The van der Waals surface area contributed by atoms with Crippen LogP contribution in [-0.2, 0) is 26.2 Å². The van der Waals surface area contributed by atoms with Gasteiger partial charge in [-0.1, -0.05) is 78.9 Å². The normalized spacial score (nSPS) is 14.8. The molecule has 0 aromatic heterocycles. The molecule has 40 heavy (non-hydrogen) atoms. The summed E-state index contributed by atoms with van der Waals surface area (Å²) in [5.41, 5.74) is 2.02. The van der Waals surface area contributed by atoms with Crippen molar-refractivity contribution in [3.8, 4) is 0 Å². The number of para-hydroxylation sites is 1. The van der Waals surface area contributed by atoms with Crippen molar-refractivity contribution in [2.75, 3.05) is 10.8 Å². The molecule has 1 saturated carbocycles. The van der Waals surface area contributed by atoms with Crippen molar-refractivity contribution < 1.29 is 18.0 Å². The van der Waals surface area contributed by atoms with Gasteiger partial charge in [-0.15, -0.1) is 0 Å². The topological polar surface area (TPSA) is 86.8 Å². The van der Waals surface area contributed by atoms with Crippen LogP contribution in [0, 0.1) is 6.92 Å². The first-order chi connectivity index (χ1) is 19.1. The SMILES string of the molecule is Cc1ccc(S(=O)(=O)N(CC(=O)N(Cc2cccc(Cl)c2)C(C)C(=O)NC2CCCCC2)c2ccccc2)cc1. The summed E-state index contributed by atoms with van der Waals surface area (Å²) < 4.78 is 28.8. The average Bonchev–Trinajstić information content (AvgIpc) is 2.95. The van der Waals surface area contributed by atoms with Crippen molar-refractivity contribution in [3.05, 3.63) is 95.0 Å². The Hall–Kier alpha value is -3.36. The van der Waals surface area contributed by atoms with Crippen LogP contribution >= 0.6 is 11.6 Å². The standard InChI is InChI=1S/C31H36ClN3O4S/c1-23-16-18-29(19-17-23)40(38,39)35(28-14-7-4-8-15-28)22-30(36)34(21-25-10-9-11-26(32)20-25)24(2)31(37)33-27-12-5-3-6-13-27/h4,7-11,14-20,24,27H,3,5-6,12-13,21-22H2,1-2H3,(H,33,37). The summed E-state index contributed by atoms with van der Waals surface area (Å²) in [7, 11) is -4.08. The molecule has 0 aliphatic heterocycles. The molecule has 4 rings (SSSR count). The summed E-state index contributed by atoms with van der Waals surface area (Å²) >= 11 is 6.21. The fraction of sp³-hybridized carbons (Fsp3) is 0.355. The van der Waals surface area contributed by atoms with Crippen LogP contribution in [0.4, 0.5) is 5.69 Å². The summed E-state index contributed by atoms with van der Waals surface area (Å²) in [5.74, 6) is -0.749. The smallest absolute Gasteiger partial charge is 0.264 e. The van der Waals surface area contributed by atoms with E-state index in [1.165, 1.54) is 17.0 Å². The Balaban J connectivity index is 1.65. The summed E-state index contributed by atoms with van der Waals surface area (Å²) in [6.07, 6.45) is 5.11. The number of sulfonamides is 1. The minimum absolute atomic E-state index is 0.0783. The molecule has 1 N–H and O–H groups in total. The number of amides is 2. The van der Waals surface area contributed by atoms with E-state index < -0.39 is 28.5 Å². The Morgan fingerprint density at radius 3 is 2.27 bits per heavy atom. The first-order valence-corrected chi connectivity index (χ1v) is 15.5. The van der Waals surface area contributed by atoms with Gasteiger partial charge in [0.05, 0.1) is 10.6 Å². The van der Waals surface area contributed by atoms with Gasteiger partial charge in [-0.3, -0.25) is 13.9 Å². The third-order valence-electron chi connectivity index (χ3n) is 7.29. The van der Waals surface area contributed by atoms with Crippen LogP contribution in [0.25, 0.3) is 0 Å². The minimum Gasteiger partial charge on any atom is -0.352 e. The number of carbonyl (C=O) groups is 2. The number of aryl methyl sites for hydroxylation is 1. The molecule has 0 spiro atoms. The van der Waals surface area contributed by atoms with E-state index in [4.69, 9.17) is 11.6 Å². The average molecular weight is 582 g/mol. The van der Waals surface area contributed by atoms with Crippen LogP contribution in [0.3, 0.4) is 0 Å². The van der Waals surface area contributed by atoms with Crippen LogP contribution < -0.4 is 9.62 Å². The second-order valence-electron chi connectivity index (χ2n) is 10.3. The first-order valence-electron chi connectivity index (χ1n) is 13.6. The number of nitrogens with one attached hydrogen (secondary N) is 1. The molecule has 1 aliphatic carbocycles. The lowest BCUT2D eigenvalue weighted by atomic mass is 9.95. The molecule has 3 aromatic carbocycles. The number of anilines is 1. The predicted octanol–water partition coefficient (Wildman–Crippen LogP) is 5.71. The van der Waals surface area contributed by atoms with Gasteiger partial charge in [0.25, 0.3) is 10.0 Å². The fourth-order valence-corrected chi connectivity index (χ4v) is 6.57. The van der Waals surface area contributed by atoms with Gasteiger partial charge in [-0.2, -0.15) is 0 Å². The largest absolute Gasteiger partial charge is 0.352 e. The number of carbonyl (C=O) groups excluding carboxylic acids is 2. The van der Waals surface area contributed by atoms with E-state index >= 15 is 0 Å². The Morgan fingerprint density at radius 2 is 1.62 bits per heavy atom. The Kier molecular flexibility index (Phi) is 9.87. The molecule has 0 heterocycles. The van der Waals surface area contributed by atoms with Gasteiger partial charge < -0.3 is 10.2 Å². The maximum atomic E-state index is 14.0. The molecule has 1 aliphatic rings. The van der Waals surface area contributed by atoms with E-state index in [1.807, 2.05) is 13.0 Å². The van der Waals surface area contributed by atoms with Crippen molar-refractivity contribution >= 4 is 39.1 Å². The predicted molar refractivity (Wildman–Crippen MR) is 159 cm³/mol. The van der Waals surface area contributed by atoms with E-state index in [2.05, 4.69) is 5.32 Å². The lowest BCUT2D eigenvalue weighted by Gasteiger charge is -2.33. The number of hydrogen-bond acceptors (Lipinski definition) is 4. The minimum atomic E-state index is -4.08. The molecule has 2 amide bonds. The van der Waals surface area contributed by atoms with Gasteiger partial charge in [0, 0.05) is 17.6 Å². The number of rotatable bonds is 10. The van der Waals surface area contributed by atoms with Crippen molar-refractivity contribution in [1.29, 1.82) is 0 Å². The lowest BCUT2D eigenvalue weighted by Crippen LogP contribution is -2.53. The van der Waals surface area contributed by atoms with E-state index in [1.54, 1.807) is 67.6 Å². The van der Waals surface area contributed by atoms with Crippen molar-refractivity contribution in [1.82, 2.24) is 10.2 Å². The molecule has 0 radical (unpaired) electrons. The zero-order valence-corrected chi connectivity index (χ0v) is 24.5. The van der Waals surface area contributed by atoms with Crippen molar-refractivity contribution in [2.24, 2.45) is 0 Å². The summed E-state index contributed by atoms with van der Waals surface area (Å²) in [4.78, 5) is 28.9. The molecule has 0 bridgehead atoms. The molecule has 0 saturated heterocycles. The van der Waals surface area contributed by atoms with Crippen LogP contribution in [0.5, 0.6) is 0 Å². The van der Waals surface area contributed by atoms with E-state index in [9.17, 15) is 18.0 Å². The van der Waals surface area contributed by atoms with Gasteiger partial charge in [-0.05, 0) is 68.7 Å². The molecule has 1 unspecified atom stereocenters. The van der Waals surface area contributed by atoms with Crippen molar-refractivity contribution in [3.63, 3.8) is 0 Å². The summed E-state index contributed by atoms with van der Waals surface area (Å²) in [6, 6.07) is 21.4. The van der Waals surface area contributed by atoms with Crippen LogP contribution in [-0.4, -0.2) is 43.8 Å². The highest BCUT2D eigenvalue weighted by molar-refractivity contribution is 7.92. The number of hydrogen-bond donors (Lipinski definition) is 1. The highest BCUT2D eigenvalue weighted by atomic mass is 35.5. The number of halogens is 1. The second kappa shape index (κ2) is 13.3. The lowest BCUT2D eigenvalue weighted by molar-refractivity contribution is -0.139. The molecule has 7 nitrogen and oxygen atoms in total. The molecule has 9 heteroatoms. The van der Waals surface area contributed by atoms with E-state index in [0.29, 0.717) is 10.7 Å². The zero-order valence-electron chi connectivity index (χ0n) is 22.9. The Bertz CT molecular complexity index is 1410. The van der Waals surface area contributed by atoms with Crippen LogP contribution in [0.1, 0.15) is 50.2 Å². The van der Waals surface area contributed by atoms with Crippen LogP contribution in [0.2, 0.25) is 5.02 Å². The third kappa shape index (κ3) is 7.43. The molecular formula is C31H36ClN3O4S. The molecule has 3 aromatic rings. The van der Waals surface area contributed by atoms with Gasteiger partial charge in [-0.25, -0.2) is 8.42 Å². The highest BCUT2D eigenvalue weighted by Crippen LogP contribution is 2.25. The van der Waals surface area contributed by atoms with E-state index in [-0.39, 0.29) is 23.4 Å². The maximum Gasteiger partial charge on any atom is 0.264 e. The fourth-order valence-electron chi connectivity index (χ4n) is 4.94. The Morgan fingerprint density at radius 1 is 0.950 bits per heavy atom. The van der Waals surface area contributed by atoms with Gasteiger partial charge in [0.1, 0.15) is 12.6 Å². The second-order valence-corrected chi connectivity index (χ2v) is 12.6. The number of benzene rings is 3. The molecule has 1 fully saturated rings. The maximum absolute atomic E-state index is 14.0. The van der Waals surface area contributed by atoms with Gasteiger partial charge in [0.2, 0.25) is 11.8 Å². The zero-order chi connectivity index (χ0) is 28.7. The molecule has 212 valence electrons. The van der Waals surface area contributed by atoms with Gasteiger partial charge >= 0.3 is 0 Å². The summed E-state index contributed by atoms with van der Waals surface area (Å²) in [5, 5.41) is 3.62. The number of nitrogens with zero attached hydrogens (tertiary/aromatic N) is 2. The highest BCUT2D eigenvalue weighted by Gasteiger charge is 2.33. The van der Waals surface area contributed by atoms with E-state index in [0.717, 1.165) is 47.5 Å². The van der Waals surface area contributed by atoms with Crippen LogP contribution in [0.15, 0.2) is 83.8 Å². The third-order valence-corrected chi connectivity index (χ3v) is 9.32. The van der Waals surface area contributed by atoms with Crippen molar-refractivity contribution in [2.45, 2.75) is 69.5 Å².